The van der Waals surface area contributed by atoms with Crippen molar-refractivity contribution in [2.45, 2.75) is 26.8 Å². The van der Waals surface area contributed by atoms with E-state index in [0.717, 1.165) is 17.7 Å². The topological polar surface area (TPSA) is 28.7 Å². The van der Waals surface area contributed by atoms with Crippen LogP contribution >= 0.6 is 0 Å². The van der Waals surface area contributed by atoms with Crippen molar-refractivity contribution in [1.82, 2.24) is 4.57 Å². The fraction of sp³-hybridized carbons (Fsp3) is 0.364. The largest absolute Gasteiger partial charge is 0.325 e. The molecule has 66 valence electrons. The number of terminal acetylenes is 1. The van der Waals surface area contributed by atoms with Gasteiger partial charge in [-0.3, -0.25) is 0 Å². The number of hydrogen-bond acceptors (Lipinski definition) is 1. The minimum absolute atomic E-state index is 0.481. The summed E-state index contributed by atoms with van der Waals surface area (Å²) in [6.07, 6.45) is 6.10. The van der Waals surface area contributed by atoms with Crippen molar-refractivity contribution >= 4 is 0 Å². The van der Waals surface area contributed by atoms with Crippen molar-refractivity contribution < 1.29 is 0 Å². The number of nitriles is 1. The van der Waals surface area contributed by atoms with E-state index in [1.807, 2.05) is 24.5 Å². The molecule has 1 aromatic heterocycles. The molecule has 0 N–H and O–H groups in total. The smallest absolute Gasteiger partial charge is 0.124 e. The lowest BCUT2D eigenvalue weighted by molar-refractivity contribution is 0.798. The normalized spacial score (nSPS) is 9.23. The minimum Gasteiger partial charge on any atom is -0.325 e. The fourth-order valence-corrected chi connectivity index (χ4v) is 1.44. The Labute approximate surface area is 78.8 Å². The van der Waals surface area contributed by atoms with E-state index in [1.54, 1.807) is 0 Å². The van der Waals surface area contributed by atoms with Gasteiger partial charge >= 0.3 is 0 Å². The number of rotatable bonds is 2. The summed E-state index contributed by atoms with van der Waals surface area (Å²) in [5.41, 5.74) is 2.85. The molecule has 2 nitrogen and oxygen atoms in total. The first-order chi connectivity index (χ1) is 6.24. The van der Waals surface area contributed by atoms with Crippen LogP contribution in [-0.2, 0) is 13.0 Å². The number of aryl methyl sites for hydroxylation is 2. The molecule has 0 spiro atoms. The van der Waals surface area contributed by atoms with Crippen LogP contribution in [0.4, 0.5) is 0 Å². The Hall–Kier alpha value is -1.67. The van der Waals surface area contributed by atoms with E-state index in [1.165, 1.54) is 0 Å². The maximum absolute atomic E-state index is 8.93. The summed E-state index contributed by atoms with van der Waals surface area (Å²) in [5.74, 6) is 2.55. The van der Waals surface area contributed by atoms with Crippen molar-refractivity contribution in [3.05, 3.63) is 23.0 Å². The van der Waals surface area contributed by atoms with Crippen molar-refractivity contribution in [3.8, 4) is 18.4 Å². The first-order valence-electron chi connectivity index (χ1n) is 4.27. The van der Waals surface area contributed by atoms with Crippen LogP contribution in [-0.4, -0.2) is 4.57 Å². The van der Waals surface area contributed by atoms with Gasteiger partial charge in [0.2, 0.25) is 0 Å². The molecule has 2 heteroatoms. The maximum atomic E-state index is 8.93. The molecule has 0 saturated heterocycles. The number of nitrogens with zero attached hydrogens (tertiary/aromatic N) is 2. The molecule has 0 fully saturated rings. The summed E-state index contributed by atoms with van der Waals surface area (Å²) in [6, 6.07) is 4.21. The quantitative estimate of drug-likeness (QED) is 0.626. The van der Waals surface area contributed by atoms with Gasteiger partial charge in [-0.2, -0.15) is 5.26 Å². The van der Waals surface area contributed by atoms with Gasteiger partial charge in [-0.1, -0.05) is 12.8 Å². The molecule has 0 aromatic carbocycles. The molecule has 1 aromatic rings. The average Bonchev–Trinajstić information content (AvgIpc) is 2.44. The first kappa shape index (κ1) is 9.42. The molecule has 0 aliphatic heterocycles. The van der Waals surface area contributed by atoms with Crippen LogP contribution in [0, 0.1) is 30.6 Å². The molecule has 0 atom stereocenters. The molecular formula is C11H12N2. The zero-order chi connectivity index (χ0) is 9.84. The molecule has 1 heterocycles. The van der Waals surface area contributed by atoms with Gasteiger partial charge in [-0.15, -0.1) is 6.42 Å². The Kier molecular flexibility index (Phi) is 2.77. The van der Waals surface area contributed by atoms with Gasteiger partial charge < -0.3 is 4.57 Å². The lowest BCUT2D eigenvalue weighted by Crippen LogP contribution is -2.01. The van der Waals surface area contributed by atoms with E-state index >= 15 is 0 Å². The summed E-state index contributed by atoms with van der Waals surface area (Å²) in [5, 5.41) is 8.93. The molecular weight excluding hydrogens is 160 g/mol. The second-order valence-corrected chi connectivity index (χ2v) is 2.92. The monoisotopic (exact) mass is 172 g/mol. The highest BCUT2D eigenvalue weighted by molar-refractivity contribution is 5.37. The van der Waals surface area contributed by atoms with Crippen molar-refractivity contribution in [3.63, 3.8) is 0 Å². The predicted molar refractivity (Wildman–Crippen MR) is 52.1 cm³/mol. The van der Waals surface area contributed by atoms with E-state index < -0.39 is 0 Å². The lowest BCUT2D eigenvalue weighted by Gasteiger charge is -2.01. The minimum atomic E-state index is 0.481. The van der Waals surface area contributed by atoms with Crippen LogP contribution in [0.25, 0.3) is 0 Å². The van der Waals surface area contributed by atoms with Crippen molar-refractivity contribution in [2.24, 2.45) is 0 Å². The van der Waals surface area contributed by atoms with E-state index in [2.05, 4.69) is 12.0 Å². The van der Waals surface area contributed by atoms with Gasteiger partial charge in [0, 0.05) is 5.69 Å². The van der Waals surface area contributed by atoms with E-state index in [9.17, 15) is 0 Å². The highest BCUT2D eigenvalue weighted by Crippen LogP contribution is 2.15. The Morgan fingerprint density at radius 2 is 2.31 bits per heavy atom. The molecule has 0 saturated carbocycles. The van der Waals surface area contributed by atoms with Crippen molar-refractivity contribution in [2.75, 3.05) is 0 Å². The second kappa shape index (κ2) is 3.83. The number of aromatic nitrogens is 1. The molecule has 1 rings (SSSR count). The second-order valence-electron chi connectivity index (χ2n) is 2.92. The molecule has 0 unspecified atom stereocenters. The average molecular weight is 172 g/mol. The summed E-state index contributed by atoms with van der Waals surface area (Å²) >= 11 is 0. The zero-order valence-corrected chi connectivity index (χ0v) is 7.96. The molecule has 0 bridgehead atoms. The molecule has 0 aliphatic carbocycles. The van der Waals surface area contributed by atoms with Gasteiger partial charge in [0.1, 0.15) is 11.8 Å². The molecule has 13 heavy (non-hydrogen) atoms. The third-order valence-corrected chi connectivity index (χ3v) is 2.12. The summed E-state index contributed by atoms with van der Waals surface area (Å²) in [6.45, 7) is 4.49. The Morgan fingerprint density at radius 1 is 1.62 bits per heavy atom. The Morgan fingerprint density at radius 3 is 2.77 bits per heavy atom. The van der Waals surface area contributed by atoms with Crippen LogP contribution in [0.15, 0.2) is 6.07 Å². The van der Waals surface area contributed by atoms with Crippen LogP contribution in [0.2, 0.25) is 0 Å². The van der Waals surface area contributed by atoms with Crippen LogP contribution in [0.3, 0.4) is 0 Å². The van der Waals surface area contributed by atoms with Crippen molar-refractivity contribution in [1.29, 1.82) is 5.26 Å². The van der Waals surface area contributed by atoms with Crippen LogP contribution in [0.5, 0.6) is 0 Å². The van der Waals surface area contributed by atoms with E-state index in [-0.39, 0.29) is 0 Å². The van der Waals surface area contributed by atoms with Gasteiger partial charge in [0.25, 0.3) is 0 Å². The highest BCUT2D eigenvalue weighted by atomic mass is 15.0. The highest BCUT2D eigenvalue weighted by Gasteiger charge is 2.09. The third kappa shape index (κ3) is 1.58. The summed E-state index contributed by atoms with van der Waals surface area (Å²) in [7, 11) is 0. The first-order valence-corrected chi connectivity index (χ1v) is 4.27. The fourth-order valence-electron chi connectivity index (χ4n) is 1.44. The van der Waals surface area contributed by atoms with E-state index in [0.29, 0.717) is 12.2 Å². The van der Waals surface area contributed by atoms with E-state index in [4.69, 9.17) is 11.7 Å². The standard InChI is InChI=1S/C11H12N2/c1-4-6-13-9(3)7-10(5-2)11(13)8-12/h1,7H,5-6H2,2-3H3. The summed E-state index contributed by atoms with van der Waals surface area (Å²) in [4.78, 5) is 0. The Balaban J connectivity index is 3.26. The van der Waals surface area contributed by atoms with Gasteiger partial charge in [0.05, 0.1) is 6.54 Å². The maximum Gasteiger partial charge on any atom is 0.124 e. The van der Waals surface area contributed by atoms with Gasteiger partial charge in [-0.05, 0) is 25.0 Å². The molecule has 0 amide bonds. The SMILES string of the molecule is C#CCn1c(C)cc(CC)c1C#N. The van der Waals surface area contributed by atoms with Gasteiger partial charge in [0.15, 0.2) is 0 Å². The molecule has 0 radical (unpaired) electrons. The Bertz CT molecular complexity index is 385. The summed E-state index contributed by atoms with van der Waals surface area (Å²) < 4.78 is 1.87. The number of hydrogen-bond donors (Lipinski definition) is 0. The van der Waals surface area contributed by atoms with Crippen LogP contribution in [0.1, 0.15) is 23.9 Å². The molecule has 0 aliphatic rings. The lowest BCUT2D eigenvalue weighted by atomic mass is 10.2. The zero-order valence-electron chi connectivity index (χ0n) is 7.96. The van der Waals surface area contributed by atoms with Crippen LogP contribution < -0.4 is 0 Å². The predicted octanol–water partition coefficient (Wildman–Crippen LogP) is 1.86. The van der Waals surface area contributed by atoms with Gasteiger partial charge in [-0.25, -0.2) is 0 Å². The third-order valence-electron chi connectivity index (χ3n) is 2.12.